The zero-order valence-corrected chi connectivity index (χ0v) is 17.6. The van der Waals surface area contributed by atoms with E-state index in [9.17, 15) is 4.79 Å². The van der Waals surface area contributed by atoms with Crippen molar-refractivity contribution in [3.05, 3.63) is 66.6 Å². The molecule has 1 fully saturated rings. The highest BCUT2D eigenvalue weighted by atomic mass is 16.5. The number of ether oxygens (including phenoxy) is 1. The molecule has 0 bridgehead atoms. The first-order valence-corrected chi connectivity index (χ1v) is 10.3. The molecule has 0 unspecified atom stereocenters. The fraction of sp³-hybridized carbons (Fsp3) is 0.217. The van der Waals surface area contributed by atoms with Crippen LogP contribution in [0.1, 0.15) is 10.5 Å². The predicted octanol–water partition coefficient (Wildman–Crippen LogP) is 3.10. The van der Waals surface area contributed by atoms with Gasteiger partial charge in [-0.25, -0.2) is 0 Å². The van der Waals surface area contributed by atoms with Gasteiger partial charge in [-0.2, -0.15) is 5.10 Å². The van der Waals surface area contributed by atoms with Gasteiger partial charge in [0.1, 0.15) is 17.1 Å². The van der Waals surface area contributed by atoms with Crippen LogP contribution in [-0.2, 0) is 0 Å². The van der Waals surface area contributed by atoms with E-state index < -0.39 is 0 Å². The summed E-state index contributed by atoms with van der Waals surface area (Å²) in [7, 11) is 1.62. The molecular weight excluding hydrogens is 408 g/mol. The molecule has 3 aromatic heterocycles. The Kier molecular flexibility index (Phi) is 5.29. The summed E-state index contributed by atoms with van der Waals surface area (Å²) in [5.74, 6) is 2.15. The number of amides is 1. The van der Waals surface area contributed by atoms with Crippen LogP contribution in [0.15, 0.2) is 65.3 Å². The minimum Gasteiger partial charge on any atom is -0.497 e. The Hall–Kier alpha value is -4.14. The Bertz CT molecular complexity index is 1190. The number of aromatic amines is 1. The Morgan fingerprint density at radius 1 is 1.00 bits per heavy atom. The summed E-state index contributed by atoms with van der Waals surface area (Å²) in [6.07, 6.45) is 1.61. The van der Waals surface area contributed by atoms with E-state index in [0.717, 1.165) is 17.1 Å². The van der Waals surface area contributed by atoms with Crippen molar-refractivity contribution in [2.75, 3.05) is 38.2 Å². The second kappa shape index (κ2) is 8.54. The van der Waals surface area contributed by atoms with E-state index in [-0.39, 0.29) is 5.91 Å². The molecule has 1 aromatic carbocycles. The number of nitrogens with one attached hydrogen (secondary N) is 1. The van der Waals surface area contributed by atoms with Gasteiger partial charge in [-0.3, -0.25) is 9.89 Å². The maximum absolute atomic E-state index is 13.0. The Balaban J connectivity index is 1.22. The molecule has 1 aliphatic rings. The van der Waals surface area contributed by atoms with Gasteiger partial charge in [0.25, 0.3) is 5.91 Å². The third kappa shape index (κ3) is 3.92. The minimum atomic E-state index is -0.0643. The van der Waals surface area contributed by atoms with Crippen molar-refractivity contribution in [2.24, 2.45) is 0 Å². The van der Waals surface area contributed by atoms with Crippen LogP contribution >= 0.6 is 0 Å². The molecule has 0 saturated carbocycles. The van der Waals surface area contributed by atoms with Crippen LogP contribution in [0.4, 0.5) is 5.82 Å². The normalized spacial score (nSPS) is 13.9. The molecule has 0 spiro atoms. The summed E-state index contributed by atoms with van der Waals surface area (Å²) in [4.78, 5) is 16.9. The van der Waals surface area contributed by atoms with E-state index >= 15 is 0 Å². The Morgan fingerprint density at radius 3 is 2.59 bits per heavy atom. The highest BCUT2D eigenvalue weighted by molar-refractivity contribution is 5.93. The third-order valence-electron chi connectivity index (χ3n) is 5.49. The lowest BCUT2D eigenvalue weighted by Gasteiger charge is -2.34. The van der Waals surface area contributed by atoms with E-state index in [0.29, 0.717) is 49.0 Å². The van der Waals surface area contributed by atoms with Gasteiger partial charge in [-0.1, -0.05) is 12.1 Å². The van der Waals surface area contributed by atoms with Gasteiger partial charge in [-0.15, -0.1) is 10.2 Å². The summed E-state index contributed by atoms with van der Waals surface area (Å²) in [5, 5.41) is 15.8. The van der Waals surface area contributed by atoms with Crippen LogP contribution in [0.5, 0.6) is 5.75 Å². The number of carbonyl (C=O) groups excluding carboxylic acids is 1. The van der Waals surface area contributed by atoms with E-state index in [1.54, 1.807) is 19.4 Å². The van der Waals surface area contributed by atoms with E-state index in [1.807, 2.05) is 53.4 Å². The van der Waals surface area contributed by atoms with Crippen molar-refractivity contribution in [3.63, 3.8) is 0 Å². The average Bonchev–Trinajstić information content (AvgIpc) is 3.57. The first kappa shape index (κ1) is 19.8. The number of benzene rings is 1. The summed E-state index contributed by atoms with van der Waals surface area (Å²) in [5.41, 5.74) is 2.76. The number of furan rings is 1. The van der Waals surface area contributed by atoms with Crippen LogP contribution in [0, 0.1) is 0 Å². The molecule has 0 radical (unpaired) electrons. The standard InChI is InChI=1S/C23H22N6O3/c1-31-17-5-2-4-16(14-17)19-15-20(26-25-19)23(30)29-11-9-28(10-12-29)22-8-7-18(24-27-22)21-6-3-13-32-21/h2-8,13-15H,9-12H2,1H3,(H,25,26). The van der Waals surface area contributed by atoms with E-state index in [2.05, 4.69) is 25.3 Å². The smallest absolute Gasteiger partial charge is 0.272 e. The lowest BCUT2D eigenvalue weighted by Crippen LogP contribution is -2.49. The zero-order chi connectivity index (χ0) is 21.9. The van der Waals surface area contributed by atoms with E-state index in [4.69, 9.17) is 9.15 Å². The van der Waals surface area contributed by atoms with Crippen molar-refractivity contribution in [3.8, 4) is 28.5 Å². The zero-order valence-electron chi connectivity index (χ0n) is 17.6. The number of piperazine rings is 1. The maximum atomic E-state index is 13.0. The molecule has 5 rings (SSSR count). The molecule has 32 heavy (non-hydrogen) atoms. The molecule has 1 N–H and O–H groups in total. The van der Waals surface area contributed by atoms with Crippen molar-refractivity contribution in [1.29, 1.82) is 0 Å². The van der Waals surface area contributed by atoms with E-state index in [1.165, 1.54) is 0 Å². The number of hydrogen-bond acceptors (Lipinski definition) is 7. The van der Waals surface area contributed by atoms with Crippen molar-refractivity contribution < 1.29 is 13.9 Å². The van der Waals surface area contributed by atoms with Crippen LogP contribution in [-0.4, -0.2) is 64.5 Å². The van der Waals surface area contributed by atoms with Gasteiger partial charge >= 0.3 is 0 Å². The molecule has 1 aliphatic heterocycles. The summed E-state index contributed by atoms with van der Waals surface area (Å²) in [6.45, 7) is 2.54. The molecule has 1 amide bonds. The fourth-order valence-corrected chi connectivity index (χ4v) is 3.72. The lowest BCUT2D eigenvalue weighted by molar-refractivity contribution is 0.0740. The number of aromatic nitrogens is 4. The molecule has 9 nitrogen and oxygen atoms in total. The van der Waals surface area contributed by atoms with Crippen LogP contribution in [0.3, 0.4) is 0 Å². The number of H-pyrrole nitrogens is 1. The Labute approximate surface area is 184 Å². The molecule has 0 aliphatic carbocycles. The highest BCUT2D eigenvalue weighted by Crippen LogP contribution is 2.24. The topological polar surface area (TPSA) is 100 Å². The fourth-order valence-electron chi connectivity index (χ4n) is 3.72. The summed E-state index contributed by atoms with van der Waals surface area (Å²) < 4.78 is 10.6. The monoisotopic (exact) mass is 430 g/mol. The lowest BCUT2D eigenvalue weighted by atomic mass is 10.1. The highest BCUT2D eigenvalue weighted by Gasteiger charge is 2.24. The van der Waals surface area contributed by atoms with Crippen molar-refractivity contribution in [2.45, 2.75) is 0 Å². The maximum Gasteiger partial charge on any atom is 0.272 e. The summed E-state index contributed by atoms with van der Waals surface area (Å²) >= 11 is 0. The van der Waals surface area contributed by atoms with Gasteiger partial charge in [-0.05, 0) is 42.5 Å². The number of nitrogens with zero attached hydrogens (tertiary/aromatic N) is 5. The summed E-state index contributed by atoms with van der Waals surface area (Å²) in [6, 6.07) is 16.9. The number of methoxy groups -OCH3 is 1. The van der Waals surface area contributed by atoms with Gasteiger partial charge in [0, 0.05) is 31.7 Å². The van der Waals surface area contributed by atoms with Gasteiger partial charge in [0.05, 0.1) is 19.1 Å². The van der Waals surface area contributed by atoms with Gasteiger partial charge < -0.3 is 19.0 Å². The largest absolute Gasteiger partial charge is 0.497 e. The average molecular weight is 430 g/mol. The second-order valence-electron chi connectivity index (χ2n) is 7.43. The Morgan fingerprint density at radius 2 is 1.88 bits per heavy atom. The molecular formula is C23H22N6O3. The predicted molar refractivity (Wildman–Crippen MR) is 118 cm³/mol. The first-order chi connectivity index (χ1) is 15.7. The number of rotatable bonds is 5. The number of anilines is 1. The van der Waals surface area contributed by atoms with Crippen molar-refractivity contribution >= 4 is 11.7 Å². The van der Waals surface area contributed by atoms with Gasteiger partial charge in [0.2, 0.25) is 0 Å². The third-order valence-corrected chi connectivity index (χ3v) is 5.49. The first-order valence-electron chi connectivity index (χ1n) is 10.3. The van der Waals surface area contributed by atoms with Gasteiger partial charge in [0.15, 0.2) is 11.6 Å². The molecule has 4 heterocycles. The quantitative estimate of drug-likeness (QED) is 0.519. The number of hydrogen-bond donors (Lipinski definition) is 1. The molecule has 9 heteroatoms. The minimum absolute atomic E-state index is 0.0643. The van der Waals surface area contributed by atoms with Crippen LogP contribution in [0.25, 0.3) is 22.7 Å². The van der Waals surface area contributed by atoms with Crippen molar-refractivity contribution in [1.82, 2.24) is 25.3 Å². The second-order valence-corrected chi connectivity index (χ2v) is 7.43. The molecule has 4 aromatic rings. The SMILES string of the molecule is COc1cccc(-c2cc(C(=O)N3CCN(c4ccc(-c5ccco5)nn4)CC3)[nH]n2)c1. The number of carbonyl (C=O) groups is 1. The van der Waals surface area contributed by atoms with Crippen LogP contribution in [0.2, 0.25) is 0 Å². The molecule has 0 atom stereocenters. The molecule has 162 valence electrons. The molecule has 1 saturated heterocycles. The van der Waals surface area contributed by atoms with Crippen LogP contribution < -0.4 is 9.64 Å².